The third kappa shape index (κ3) is 2.14. The number of nitrogens with zero attached hydrogens (tertiary/aromatic N) is 2. The van der Waals surface area contributed by atoms with E-state index in [0.717, 1.165) is 31.7 Å². The number of anilines is 1. The van der Waals surface area contributed by atoms with Crippen LogP contribution in [0.5, 0.6) is 5.75 Å². The van der Waals surface area contributed by atoms with Crippen LogP contribution < -0.4 is 9.64 Å². The van der Waals surface area contributed by atoms with Crippen LogP contribution in [0.15, 0.2) is 18.2 Å². The predicted molar refractivity (Wildman–Crippen MR) is 72.1 cm³/mol. The number of likely N-dealkylation sites (tertiary alicyclic amines) is 1. The highest BCUT2D eigenvalue weighted by Gasteiger charge is 2.31. The summed E-state index contributed by atoms with van der Waals surface area (Å²) in [6.07, 6.45) is 1.12. The molecule has 0 saturated carbocycles. The van der Waals surface area contributed by atoms with Crippen LogP contribution in [0.3, 0.4) is 0 Å². The topological polar surface area (TPSA) is 53.0 Å². The van der Waals surface area contributed by atoms with Crippen molar-refractivity contribution in [1.29, 1.82) is 0 Å². The highest BCUT2D eigenvalue weighted by molar-refractivity contribution is 5.93. The predicted octanol–water partition coefficient (Wildman–Crippen LogP) is 1.29. The van der Waals surface area contributed by atoms with Gasteiger partial charge >= 0.3 is 5.97 Å². The van der Waals surface area contributed by atoms with Crippen molar-refractivity contribution in [1.82, 2.24) is 4.90 Å². The van der Waals surface area contributed by atoms with E-state index in [0.29, 0.717) is 18.4 Å². The molecular formula is C14H18N2O3. The summed E-state index contributed by atoms with van der Waals surface area (Å²) in [5.41, 5.74) is 1.18. The molecule has 2 aliphatic rings. The van der Waals surface area contributed by atoms with E-state index in [9.17, 15) is 9.90 Å². The molecule has 0 spiro atoms. The molecule has 5 nitrogen and oxygen atoms in total. The maximum absolute atomic E-state index is 11.2. The quantitative estimate of drug-likeness (QED) is 0.870. The van der Waals surface area contributed by atoms with Crippen molar-refractivity contribution in [3.8, 4) is 5.75 Å². The Bertz CT molecular complexity index is 503. The monoisotopic (exact) mass is 262 g/mol. The second-order valence-corrected chi connectivity index (χ2v) is 5.21. The van der Waals surface area contributed by atoms with Crippen molar-refractivity contribution >= 4 is 11.7 Å². The summed E-state index contributed by atoms with van der Waals surface area (Å²) in [6.45, 7) is 3.50. The fourth-order valence-electron chi connectivity index (χ4n) is 2.98. The van der Waals surface area contributed by atoms with Crippen molar-refractivity contribution in [2.24, 2.45) is 0 Å². The van der Waals surface area contributed by atoms with Gasteiger partial charge in [-0.2, -0.15) is 0 Å². The summed E-state index contributed by atoms with van der Waals surface area (Å²) < 4.78 is 5.60. The Morgan fingerprint density at radius 3 is 2.95 bits per heavy atom. The van der Waals surface area contributed by atoms with Crippen LogP contribution in [0.2, 0.25) is 0 Å². The van der Waals surface area contributed by atoms with Gasteiger partial charge in [0.1, 0.15) is 12.2 Å². The minimum Gasteiger partial charge on any atom is -0.489 e. The van der Waals surface area contributed by atoms with E-state index < -0.39 is 5.97 Å². The number of benzene rings is 1. The van der Waals surface area contributed by atoms with Crippen LogP contribution in [0.4, 0.5) is 5.69 Å². The molecule has 1 fully saturated rings. The molecule has 19 heavy (non-hydrogen) atoms. The van der Waals surface area contributed by atoms with E-state index in [2.05, 4.69) is 16.8 Å². The lowest BCUT2D eigenvalue weighted by atomic mass is 10.1. The zero-order chi connectivity index (χ0) is 13.4. The van der Waals surface area contributed by atoms with E-state index in [1.807, 2.05) is 6.07 Å². The largest absolute Gasteiger partial charge is 0.489 e. The first-order valence-electron chi connectivity index (χ1n) is 6.61. The number of likely N-dealkylation sites (N-methyl/N-ethyl adjacent to an activating group) is 1. The lowest BCUT2D eigenvalue weighted by Crippen LogP contribution is -2.42. The molecule has 1 aromatic carbocycles. The van der Waals surface area contributed by atoms with Crippen molar-refractivity contribution in [2.45, 2.75) is 12.5 Å². The van der Waals surface area contributed by atoms with Gasteiger partial charge in [0, 0.05) is 12.6 Å². The molecule has 2 heterocycles. The highest BCUT2D eigenvalue weighted by Crippen LogP contribution is 2.37. The Labute approximate surface area is 112 Å². The Morgan fingerprint density at radius 2 is 2.26 bits per heavy atom. The first-order chi connectivity index (χ1) is 9.16. The van der Waals surface area contributed by atoms with Crippen molar-refractivity contribution in [3.63, 3.8) is 0 Å². The molecule has 1 N–H and O–H groups in total. The Kier molecular flexibility index (Phi) is 3.06. The summed E-state index contributed by atoms with van der Waals surface area (Å²) >= 11 is 0. The van der Waals surface area contributed by atoms with Crippen molar-refractivity contribution < 1.29 is 14.6 Å². The minimum absolute atomic E-state index is 0.258. The fourth-order valence-corrected chi connectivity index (χ4v) is 2.98. The molecule has 0 amide bonds. The normalized spacial score (nSPS) is 23.0. The van der Waals surface area contributed by atoms with E-state index in [1.54, 1.807) is 12.1 Å². The summed E-state index contributed by atoms with van der Waals surface area (Å²) in [4.78, 5) is 15.9. The van der Waals surface area contributed by atoms with Gasteiger partial charge in [-0.25, -0.2) is 4.79 Å². The standard InChI is InChI=1S/C14H18N2O3/c1-15-6-5-10(9-15)16-7-8-19-13-11(14(17)18)3-2-4-12(13)16/h2-4,10H,5-9H2,1H3,(H,17,18). The second-order valence-electron chi connectivity index (χ2n) is 5.21. The number of carboxylic acid groups (broad SMARTS) is 1. The molecule has 102 valence electrons. The number of rotatable bonds is 2. The zero-order valence-electron chi connectivity index (χ0n) is 11.0. The Balaban J connectivity index is 1.96. The van der Waals surface area contributed by atoms with E-state index in [4.69, 9.17) is 4.74 Å². The average Bonchev–Trinajstić information content (AvgIpc) is 2.83. The van der Waals surface area contributed by atoms with Crippen LogP contribution in [0.25, 0.3) is 0 Å². The first kappa shape index (κ1) is 12.3. The lowest BCUT2D eigenvalue weighted by molar-refractivity contribution is 0.0692. The molecular weight excluding hydrogens is 244 g/mol. The van der Waals surface area contributed by atoms with Gasteiger partial charge < -0.3 is 19.6 Å². The van der Waals surface area contributed by atoms with Gasteiger partial charge in [-0.15, -0.1) is 0 Å². The third-order valence-electron chi connectivity index (χ3n) is 3.92. The Hall–Kier alpha value is -1.75. The molecule has 0 aromatic heterocycles. The maximum Gasteiger partial charge on any atom is 0.339 e. The molecule has 3 rings (SSSR count). The number of aromatic carboxylic acids is 1. The number of carboxylic acids is 1. The molecule has 0 aliphatic carbocycles. The van der Waals surface area contributed by atoms with Gasteiger partial charge in [0.2, 0.25) is 0 Å². The van der Waals surface area contributed by atoms with Crippen LogP contribution in [0, 0.1) is 0 Å². The van der Waals surface area contributed by atoms with Gasteiger partial charge in [-0.05, 0) is 32.1 Å². The number of fused-ring (bicyclic) bond motifs is 1. The molecule has 1 atom stereocenters. The number of hydrogen-bond acceptors (Lipinski definition) is 4. The summed E-state index contributed by atoms with van der Waals surface area (Å²) in [5.74, 6) is -0.405. The highest BCUT2D eigenvalue weighted by atomic mass is 16.5. The summed E-state index contributed by atoms with van der Waals surface area (Å²) in [5, 5.41) is 9.23. The summed E-state index contributed by atoms with van der Waals surface area (Å²) in [6, 6.07) is 5.81. The number of para-hydroxylation sites is 1. The van der Waals surface area contributed by atoms with E-state index >= 15 is 0 Å². The molecule has 2 aliphatic heterocycles. The smallest absolute Gasteiger partial charge is 0.339 e. The second kappa shape index (κ2) is 4.74. The number of ether oxygens (including phenoxy) is 1. The van der Waals surface area contributed by atoms with Crippen LogP contribution in [0.1, 0.15) is 16.8 Å². The molecule has 1 saturated heterocycles. The summed E-state index contributed by atoms with van der Waals surface area (Å²) in [7, 11) is 2.12. The molecule has 0 radical (unpaired) electrons. The van der Waals surface area contributed by atoms with E-state index in [-0.39, 0.29) is 5.56 Å². The van der Waals surface area contributed by atoms with Gasteiger partial charge in [0.05, 0.1) is 12.2 Å². The molecule has 0 bridgehead atoms. The van der Waals surface area contributed by atoms with Crippen LogP contribution >= 0.6 is 0 Å². The van der Waals surface area contributed by atoms with Gasteiger partial charge in [-0.3, -0.25) is 0 Å². The van der Waals surface area contributed by atoms with Gasteiger partial charge in [0.25, 0.3) is 0 Å². The zero-order valence-corrected chi connectivity index (χ0v) is 11.0. The number of carbonyl (C=O) groups is 1. The van der Waals surface area contributed by atoms with Crippen LogP contribution in [-0.4, -0.2) is 55.3 Å². The Morgan fingerprint density at radius 1 is 1.42 bits per heavy atom. The van der Waals surface area contributed by atoms with Crippen molar-refractivity contribution in [3.05, 3.63) is 23.8 Å². The van der Waals surface area contributed by atoms with Gasteiger partial charge in [0.15, 0.2) is 5.75 Å². The van der Waals surface area contributed by atoms with E-state index in [1.165, 1.54) is 0 Å². The van der Waals surface area contributed by atoms with Gasteiger partial charge in [-0.1, -0.05) is 6.07 Å². The third-order valence-corrected chi connectivity index (χ3v) is 3.92. The maximum atomic E-state index is 11.2. The molecule has 1 unspecified atom stereocenters. The molecule has 5 heteroatoms. The lowest BCUT2D eigenvalue weighted by Gasteiger charge is -2.36. The molecule has 1 aromatic rings. The number of hydrogen-bond donors (Lipinski definition) is 1. The SMILES string of the molecule is CN1CCC(N2CCOc3c(C(=O)O)cccc32)C1. The van der Waals surface area contributed by atoms with Crippen LogP contribution in [-0.2, 0) is 0 Å². The minimum atomic E-state index is -0.928. The fraction of sp³-hybridized carbons (Fsp3) is 0.500. The first-order valence-corrected chi connectivity index (χ1v) is 6.61. The van der Waals surface area contributed by atoms with Crippen molar-refractivity contribution in [2.75, 3.05) is 38.2 Å². The average molecular weight is 262 g/mol.